The zero-order chi connectivity index (χ0) is 25.1. The number of anilines is 2. The highest BCUT2D eigenvalue weighted by atomic mass is 35.5. The van der Waals surface area contributed by atoms with E-state index in [-0.39, 0.29) is 11.9 Å². The second-order valence-corrected chi connectivity index (χ2v) is 11.2. The number of halogens is 2. The first-order chi connectivity index (χ1) is 18.0. The van der Waals surface area contributed by atoms with E-state index in [2.05, 4.69) is 32.0 Å². The molecule has 0 spiro atoms. The monoisotopic (exact) mass is 513 g/mol. The number of hydrogen-bond acceptors (Lipinski definition) is 6. The maximum absolute atomic E-state index is 13.7. The van der Waals surface area contributed by atoms with Gasteiger partial charge in [-0.2, -0.15) is 5.26 Å². The first-order valence-corrected chi connectivity index (χ1v) is 13.1. The van der Waals surface area contributed by atoms with Crippen molar-refractivity contribution >= 4 is 33.9 Å². The van der Waals surface area contributed by atoms with E-state index in [9.17, 15) is 9.65 Å². The number of pyridine rings is 1. The fraction of sp³-hybridized carbons (Fsp3) is 0.357. The van der Waals surface area contributed by atoms with Gasteiger partial charge in [-0.05, 0) is 73.3 Å². The fourth-order valence-corrected chi connectivity index (χ4v) is 6.13. The van der Waals surface area contributed by atoms with E-state index in [0.29, 0.717) is 27.6 Å². The summed E-state index contributed by atoms with van der Waals surface area (Å²) in [6.07, 6.45) is 9.53. The molecule has 8 rings (SSSR count). The number of hydrogen-bond donors (Lipinski definition) is 2. The van der Waals surface area contributed by atoms with Crippen molar-refractivity contribution in [2.75, 3.05) is 17.2 Å². The SMILES string of the molecule is N#Cc1cnc2c(Cl)cc(NC(c3ccc(F)cc3)c3cn(C4CC4)nn3)cc2c1NCC12CC(C1)C2. The molecule has 4 saturated carbocycles. The molecule has 37 heavy (non-hydrogen) atoms. The van der Waals surface area contributed by atoms with Crippen molar-refractivity contribution in [1.82, 2.24) is 20.0 Å². The molecule has 2 heterocycles. The number of nitriles is 1. The summed E-state index contributed by atoms with van der Waals surface area (Å²) in [5, 5.41) is 27.0. The van der Waals surface area contributed by atoms with Gasteiger partial charge in [0.25, 0.3) is 0 Å². The van der Waals surface area contributed by atoms with Crippen molar-refractivity contribution in [1.29, 1.82) is 5.26 Å². The Bertz CT molecular complexity index is 1540. The Labute approximate surface area is 218 Å². The Morgan fingerprint density at radius 2 is 1.97 bits per heavy atom. The summed E-state index contributed by atoms with van der Waals surface area (Å²) in [6.45, 7) is 0.842. The van der Waals surface area contributed by atoms with Gasteiger partial charge in [0.1, 0.15) is 17.6 Å². The van der Waals surface area contributed by atoms with E-state index in [1.54, 1.807) is 18.3 Å². The van der Waals surface area contributed by atoms with Crippen LogP contribution in [-0.4, -0.2) is 26.5 Å². The molecule has 4 aliphatic carbocycles. The lowest BCUT2D eigenvalue weighted by molar-refractivity contribution is -0.0929. The lowest BCUT2D eigenvalue weighted by Gasteiger charge is -2.62. The summed E-state index contributed by atoms with van der Waals surface area (Å²) in [5.41, 5.74) is 4.61. The van der Waals surface area contributed by atoms with Crippen LogP contribution in [0.2, 0.25) is 5.02 Å². The number of fused-ring (bicyclic) bond motifs is 1. The molecule has 0 amide bonds. The van der Waals surface area contributed by atoms with Crippen molar-refractivity contribution in [2.45, 2.75) is 44.2 Å². The van der Waals surface area contributed by atoms with Gasteiger partial charge in [0.05, 0.1) is 40.1 Å². The van der Waals surface area contributed by atoms with Crippen LogP contribution in [0.4, 0.5) is 15.8 Å². The van der Waals surface area contributed by atoms with Gasteiger partial charge >= 0.3 is 0 Å². The van der Waals surface area contributed by atoms with Gasteiger partial charge in [-0.25, -0.2) is 9.07 Å². The molecule has 0 radical (unpaired) electrons. The van der Waals surface area contributed by atoms with Crippen molar-refractivity contribution in [3.05, 3.63) is 76.5 Å². The molecule has 9 heteroatoms. The number of nitrogens with one attached hydrogen (secondary N) is 2. The highest BCUT2D eigenvalue weighted by Crippen LogP contribution is 2.64. The Morgan fingerprint density at radius 3 is 2.65 bits per heavy atom. The third-order valence-corrected chi connectivity index (χ3v) is 8.40. The Kier molecular flexibility index (Phi) is 5.12. The third kappa shape index (κ3) is 3.98. The van der Waals surface area contributed by atoms with E-state index in [1.165, 1.54) is 31.4 Å². The quantitative estimate of drug-likeness (QED) is 0.290. The minimum absolute atomic E-state index is 0.299. The number of nitrogens with zero attached hydrogens (tertiary/aromatic N) is 5. The molecule has 4 aromatic rings. The molecule has 7 nitrogen and oxygen atoms in total. The summed E-state index contributed by atoms with van der Waals surface area (Å²) in [5.74, 6) is 0.588. The molecule has 0 aliphatic heterocycles. The second-order valence-electron chi connectivity index (χ2n) is 10.8. The van der Waals surface area contributed by atoms with Crippen molar-refractivity contribution in [3.8, 4) is 6.07 Å². The maximum Gasteiger partial charge on any atom is 0.123 e. The normalized spacial score (nSPS) is 22.6. The predicted molar refractivity (Wildman–Crippen MR) is 140 cm³/mol. The summed E-state index contributed by atoms with van der Waals surface area (Å²) in [6, 6.07) is 12.5. The van der Waals surface area contributed by atoms with Gasteiger partial charge in [0.15, 0.2) is 0 Å². The molecular formula is C28H25ClFN7. The van der Waals surface area contributed by atoms with Crippen LogP contribution < -0.4 is 10.6 Å². The summed E-state index contributed by atoms with van der Waals surface area (Å²) in [7, 11) is 0. The molecule has 2 bridgehead atoms. The predicted octanol–water partition coefficient (Wildman–Crippen LogP) is 6.24. The average molecular weight is 514 g/mol. The first-order valence-electron chi connectivity index (χ1n) is 12.7. The molecule has 0 saturated heterocycles. The molecule has 1 atom stereocenters. The zero-order valence-corrected chi connectivity index (χ0v) is 20.8. The van der Waals surface area contributed by atoms with Crippen LogP contribution in [0.25, 0.3) is 10.9 Å². The van der Waals surface area contributed by atoms with Gasteiger partial charge in [-0.3, -0.25) is 4.98 Å². The Morgan fingerprint density at radius 1 is 1.19 bits per heavy atom. The number of rotatable bonds is 8. The van der Waals surface area contributed by atoms with Gasteiger partial charge in [0, 0.05) is 23.8 Å². The van der Waals surface area contributed by atoms with Crippen LogP contribution in [0.3, 0.4) is 0 Å². The van der Waals surface area contributed by atoms with E-state index < -0.39 is 0 Å². The zero-order valence-electron chi connectivity index (χ0n) is 20.1. The smallest absolute Gasteiger partial charge is 0.123 e. The molecule has 4 fully saturated rings. The minimum atomic E-state index is -0.370. The molecule has 4 aliphatic rings. The van der Waals surface area contributed by atoms with Crippen molar-refractivity contribution in [3.63, 3.8) is 0 Å². The standard InChI is InChI=1S/C28H25ClFN7/c29-23-8-20(7-22-25(18(12-31)13-32-27(22)23)33-15-28-9-16(10-28)11-28)34-26(17-1-3-19(30)4-2-17)24-14-37(36-35-24)21-5-6-21/h1-4,7-8,13-14,16,21,26,34H,5-6,9-11,15H2,(H,32,33). The number of aromatic nitrogens is 4. The van der Waals surface area contributed by atoms with Crippen LogP contribution in [0, 0.1) is 28.5 Å². The summed E-state index contributed by atoms with van der Waals surface area (Å²) in [4.78, 5) is 4.49. The molecule has 1 unspecified atom stereocenters. The van der Waals surface area contributed by atoms with Gasteiger partial charge < -0.3 is 10.6 Å². The van der Waals surface area contributed by atoms with E-state index >= 15 is 0 Å². The Hall–Kier alpha value is -3.70. The molecule has 186 valence electrons. The lowest BCUT2D eigenvalue weighted by atomic mass is 9.44. The first kappa shape index (κ1) is 22.5. The van der Waals surface area contributed by atoms with Gasteiger partial charge in [-0.15, -0.1) is 5.10 Å². The number of benzene rings is 2. The van der Waals surface area contributed by atoms with Crippen molar-refractivity contribution in [2.24, 2.45) is 11.3 Å². The van der Waals surface area contributed by atoms with E-state index in [4.69, 9.17) is 11.6 Å². The van der Waals surface area contributed by atoms with E-state index in [0.717, 1.165) is 53.3 Å². The summed E-state index contributed by atoms with van der Waals surface area (Å²) < 4.78 is 15.6. The topological polar surface area (TPSA) is 91.5 Å². The Balaban J connectivity index is 1.27. The fourth-order valence-electron chi connectivity index (χ4n) is 5.86. The maximum atomic E-state index is 13.7. The van der Waals surface area contributed by atoms with Gasteiger partial charge in [-0.1, -0.05) is 28.9 Å². The highest BCUT2D eigenvalue weighted by Gasteiger charge is 2.56. The van der Waals surface area contributed by atoms with Crippen molar-refractivity contribution < 1.29 is 4.39 Å². The summed E-state index contributed by atoms with van der Waals surface area (Å²) >= 11 is 6.72. The minimum Gasteiger partial charge on any atom is -0.383 e. The van der Waals surface area contributed by atoms with Crippen LogP contribution in [0.15, 0.2) is 48.8 Å². The largest absolute Gasteiger partial charge is 0.383 e. The molecule has 2 aromatic heterocycles. The lowest BCUT2D eigenvalue weighted by Crippen LogP contribution is -2.55. The second kappa shape index (κ2) is 8.42. The molecular weight excluding hydrogens is 489 g/mol. The molecule has 2 aromatic carbocycles. The van der Waals surface area contributed by atoms with E-state index in [1.807, 2.05) is 23.0 Å². The van der Waals surface area contributed by atoms with Crippen LogP contribution in [-0.2, 0) is 0 Å². The van der Waals surface area contributed by atoms with Crippen LogP contribution in [0.1, 0.15) is 61.0 Å². The van der Waals surface area contributed by atoms with Crippen LogP contribution in [0.5, 0.6) is 0 Å². The molecule has 2 N–H and O–H groups in total. The van der Waals surface area contributed by atoms with Gasteiger partial charge in [0.2, 0.25) is 0 Å². The van der Waals surface area contributed by atoms with Crippen LogP contribution >= 0.6 is 11.6 Å². The average Bonchev–Trinajstić information content (AvgIpc) is 3.58. The third-order valence-electron chi connectivity index (χ3n) is 8.11. The highest BCUT2D eigenvalue weighted by molar-refractivity contribution is 6.35.